The summed E-state index contributed by atoms with van der Waals surface area (Å²) < 4.78 is 34.6. The summed E-state index contributed by atoms with van der Waals surface area (Å²) in [7, 11) is 0. The molecule has 14 heteroatoms. The first kappa shape index (κ1) is 25.9. The van der Waals surface area contributed by atoms with Gasteiger partial charge in [0.05, 0.1) is 0 Å². The van der Waals surface area contributed by atoms with E-state index in [0.717, 1.165) is 0 Å². The molecule has 12 nitrogen and oxygen atoms in total. The standard InChI is InChI=1S/4C3H4N2.ClH.4O.Sb/c4*1-2-5-3-4-1;;;;;;/h4*1-3H,(H,4,5);1H;;;;;/q;;;;;;3*-1;/p+3. The summed E-state index contributed by atoms with van der Waals surface area (Å²) in [6.07, 6.45) is 21.6. The van der Waals surface area contributed by atoms with Gasteiger partial charge in [0.15, 0.2) is 0 Å². The maximum atomic E-state index is 8.64. The molecular formula is C12H20ClN8O4Sb. The van der Waals surface area contributed by atoms with Crippen molar-refractivity contribution >= 4 is 20.1 Å². The van der Waals surface area contributed by atoms with Gasteiger partial charge in [-0.25, -0.2) is 0 Å². The average molecular weight is 498 g/mol. The molecule has 0 saturated heterocycles. The number of aromatic nitrogens is 8. The van der Waals surface area contributed by atoms with Gasteiger partial charge in [0.1, 0.15) is 49.6 Å². The molecule has 4 rings (SSSR count). The molecule has 0 atom stereocenters. The fourth-order valence-electron chi connectivity index (χ4n) is 0.962. The summed E-state index contributed by atoms with van der Waals surface area (Å²) in [5, 5.41) is 0. The first-order valence-electron chi connectivity index (χ1n) is 6.68. The molecule has 0 aliphatic heterocycles. The van der Waals surface area contributed by atoms with E-state index in [1.807, 2.05) is 49.6 Å². The van der Waals surface area contributed by atoms with E-state index in [-0.39, 0.29) is 12.4 Å². The molecule has 0 unspecified atom stereocenters. The summed E-state index contributed by atoms with van der Waals surface area (Å²) in [6, 6.07) is 0. The third kappa shape index (κ3) is 29.6. The molecule has 144 valence electrons. The zero-order chi connectivity index (χ0) is 18.6. The van der Waals surface area contributed by atoms with E-state index in [2.05, 4.69) is 39.9 Å². The van der Waals surface area contributed by atoms with Crippen molar-refractivity contribution in [3.63, 3.8) is 0 Å². The Kier molecular flexibility index (Phi) is 18.9. The number of halogens is 1. The van der Waals surface area contributed by atoms with Crippen molar-refractivity contribution in [1.29, 1.82) is 0 Å². The second-order valence-corrected chi connectivity index (χ2v) is 6.24. The maximum absolute atomic E-state index is 8.64. The van der Waals surface area contributed by atoms with Crippen LogP contribution >= 0.6 is 0 Å². The fraction of sp³-hybridized carbons (Fsp3) is 0. The van der Waals surface area contributed by atoms with Crippen molar-refractivity contribution in [2.75, 3.05) is 0 Å². The Balaban J connectivity index is 0. The number of H-pyrrole nitrogens is 8. The molecular weight excluding hydrogens is 477 g/mol. The van der Waals surface area contributed by atoms with Crippen LogP contribution in [0.2, 0.25) is 0 Å². The van der Waals surface area contributed by atoms with Gasteiger partial charge in [-0.2, -0.15) is 0 Å². The summed E-state index contributed by atoms with van der Waals surface area (Å²) in [6.45, 7) is 0. The van der Waals surface area contributed by atoms with Crippen molar-refractivity contribution in [2.45, 2.75) is 0 Å². The van der Waals surface area contributed by atoms with Crippen LogP contribution < -0.4 is 42.5 Å². The molecule has 0 radical (unpaired) electrons. The third-order valence-corrected chi connectivity index (χ3v) is 1.77. The molecule has 4 aromatic heterocycles. The van der Waals surface area contributed by atoms with Gasteiger partial charge < -0.3 is 12.4 Å². The number of nitrogens with one attached hydrogen (secondary N) is 8. The fourth-order valence-corrected chi connectivity index (χ4v) is 0.962. The van der Waals surface area contributed by atoms with Crippen LogP contribution in [0, 0.1) is 0 Å². The Morgan fingerprint density at radius 2 is 0.769 bits per heavy atom. The molecule has 8 N–H and O–H groups in total. The van der Waals surface area contributed by atoms with Gasteiger partial charge in [-0.15, -0.1) is 0 Å². The largest absolute Gasteiger partial charge is 0.250 e. The van der Waals surface area contributed by atoms with Crippen LogP contribution in [0.4, 0.5) is 0 Å². The molecule has 4 aromatic rings. The predicted molar refractivity (Wildman–Crippen MR) is 75.8 cm³/mol. The van der Waals surface area contributed by atoms with Crippen LogP contribution in [0.3, 0.4) is 0 Å². The Hall–Kier alpha value is -2.37. The molecule has 0 aliphatic carbocycles. The molecule has 4 heterocycles. The number of hydrogen-bond acceptors (Lipinski definition) is 4. The minimum absolute atomic E-state index is 0. The molecule has 0 spiro atoms. The average Bonchev–Trinajstić information content (AvgIpc) is 3.46. The number of hydrogen-bond donors (Lipinski definition) is 4. The maximum Gasteiger partial charge on any atom is 0.239 e. The predicted octanol–water partition coefficient (Wildman–Crippen LogP) is -7.75. The van der Waals surface area contributed by atoms with E-state index in [9.17, 15) is 0 Å². The van der Waals surface area contributed by atoms with Crippen LogP contribution in [0.5, 0.6) is 0 Å². The molecule has 26 heavy (non-hydrogen) atoms. The quantitative estimate of drug-likeness (QED) is 0.175. The molecule has 0 fully saturated rings. The van der Waals surface area contributed by atoms with Gasteiger partial charge in [0.2, 0.25) is 25.3 Å². The number of imidazole rings is 4. The van der Waals surface area contributed by atoms with Crippen molar-refractivity contribution in [1.82, 2.24) is 19.9 Å². The van der Waals surface area contributed by atoms with Crippen molar-refractivity contribution in [3.05, 3.63) is 74.9 Å². The molecule has 0 amide bonds. The van der Waals surface area contributed by atoms with Crippen LogP contribution in [0.1, 0.15) is 0 Å². The SMILES string of the molecule is [Cl-].[O]=[Sb]([O-])([O-])[O-].c1c[nH+]c[nH]1.c1c[nH+]c[nH]1.c1c[nH+]c[nH]1.c1c[nH+]c[nH]1. The number of aromatic amines is 8. The van der Waals surface area contributed by atoms with Crippen LogP contribution in [0.25, 0.3) is 0 Å². The molecule has 0 aromatic carbocycles. The number of rotatable bonds is 0. The van der Waals surface area contributed by atoms with Gasteiger partial charge in [-0.3, -0.25) is 39.9 Å². The van der Waals surface area contributed by atoms with Crippen LogP contribution in [-0.4, -0.2) is 40.0 Å². The van der Waals surface area contributed by atoms with E-state index in [1.165, 1.54) is 0 Å². The first-order chi connectivity index (χ1) is 12.0. The summed E-state index contributed by atoms with van der Waals surface area (Å²) in [4.78, 5) is 22.4. The van der Waals surface area contributed by atoms with E-state index in [0.29, 0.717) is 0 Å². The Morgan fingerprint density at radius 3 is 0.808 bits per heavy atom. The van der Waals surface area contributed by atoms with E-state index < -0.39 is 20.1 Å². The Labute approximate surface area is 160 Å². The second kappa shape index (κ2) is 19.0. The molecule has 0 saturated carbocycles. The summed E-state index contributed by atoms with van der Waals surface area (Å²) in [5.74, 6) is 0. The Morgan fingerprint density at radius 1 is 0.577 bits per heavy atom. The molecule has 0 aliphatic rings. The van der Waals surface area contributed by atoms with Gasteiger partial charge in [0, 0.05) is 0 Å². The zero-order valence-corrected chi connectivity index (χ0v) is 16.7. The minimum atomic E-state index is -6.10. The van der Waals surface area contributed by atoms with E-state index in [4.69, 9.17) is 13.2 Å². The van der Waals surface area contributed by atoms with Gasteiger partial charge in [0.25, 0.3) is 0 Å². The normalized spacial score (nSPS) is 8.42. The Bertz CT molecular complexity index is 504. The first-order valence-corrected chi connectivity index (χ1v) is 10.9. The third-order valence-electron chi connectivity index (χ3n) is 1.77. The van der Waals surface area contributed by atoms with Crippen molar-refractivity contribution in [2.24, 2.45) is 0 Å². The minimum Gasteiger partial charge on any atom is -0.250 e. The second-order valence-electron chi connectivity index (χ2n) is 3.69. The monoisotopic (exact) mass is 496 g/mol. The topological polar surface area (TPSA) is 206 Å². The van der Waals surface area contributed by atoms with E-state index >= 15 is 0 Å². The van der Waals surface area contributed by atoms with Crippen molar-refractivity contribution in [3.8, 4) is 0 Å². The summed E-state index contributed by atoms with van der Waals surface area (Å²) >= 11 is -6.10. The van der Waals surface area contributed by atoms with Crippen molar-refractivity contribution < 1.29 is 45.5 Å². The molecule has 0 bridgehead atoms. The smallest absolute Gasteiger partial charge is 0.239 e. The summed E-state index contributed by atoms with van der Waals surface area (Å²) in [5.41, 5.74) is 0. The van der Waals surface area contributed by atoms with E-state index in [1.54, 1.807) is 25.3 Å². The zero-order valence-electron chi connectivity index (χ0n) is 13.4. The van der Waals surface area contributed by atoms with Crippen LogP contribution in [-0.2, 0) is 3.02 Å². The van der Waals surface area contributed by atoms with Gasteiger partial charge in [-0.1, -0.05) is 0 Å². The van der Waals surface area contributed by atoms with Gasteiger partial charge >= 0.3 is 33.2 Å². The van der Waals surface area contributed by atoms with Crippen LogP contribution in [0.15, 0.2) is 74.9 Å². The van der Waals surface area contributed by atoms with Gasteiger partial charge in [-0.05, 0) is 0 Å².